The van der Waals surface area contributed by atoms with Crippen molar-refractivity contribution in [2.75, 3.05) is 7.05 Å². The molecule has 0 aromatic heterocycles. The predicted molar refractivity (Wildman–Crippen MR) is 60.8 cm³/mol. The van der Waals surface area contributed by atoms with Gasteiger partial charge in [0.2, 0.25) is 5.91 Å². The summed E-state index contributed by atoms with van der Waals surface area (Å²) in [4.78, 5) is 12.8. The van der Waals surface area contributed by atoms with Gasteiger partial charge in [-0.3, -0.25) is 4.79 Å². The molecule has 0 saturated heterocycles. The second kappa shape index (κ2) is 4.96. The lowest BCUT2D eigenvalue weighted by Crippen LogP contribution is -2.23. The molecule has 0 spiro atoms. The van der Waals surface area contributed by atoms with Gasteiger partial charge >= 0.3 is 0 Å². The molecule has 0 heterocycles. The van der Waals surface area contributed by atoms with Crippen LogP contribution in [0.5, 0.6) is 0 Å². The van der Waals surface area contributed by atoms with Crippen LogP contribution >= 0.6 is 15.9 Å². The molecular formula is C11H12BrNO. The van der Waals surface area contributed by atoms with E-state index < -0.39 is 0 Å². The van der Waals surface area contributed by atoms with Crippen molar-refractivity contribution in [1.82, 2.24) is 4.90 Å². The van der Waals surface area contributed by atoms with Crippen LogP contribution in [0.25, 0.3) is 0 Å². The highest BCUT2D eigenvalue weighted by Gasteiger charge is 2.04. The highest BCUT2D eigenvalue weighted by atomic mass is 79.9. The Balaban J connectivity index is 2.64. The molecule has 1 rings (SSSR count). The number of hydrogen-bond acceptors (Lipinski definition) is 1. The molecule has 2 nitrogen and oxygen atoms in total. The van der Waals surface area contributed by atoms with Crippen LogP contribution in [-0.4, -0.2) is 17.9 Å². The second-order valence-corrected chi connectivity index (χ2v) is 3.94. The van der Waals surface area contributed by atoms with Gasteiger partial charge in [0.05, 0.1) is 0 Å². The van der Waals surface area contributed by atoms with Crippen molar-refractivity contribution in [1.29, 1.82) is 0 Å². The number of hydrogen-bond donors (Lipinski definition) is 0. The van der Waals surface area contributed by atoms with Gasteiger partial charge in [0.15, 0.2) is 0 Å². The molecule has 1 amide bonds. The van der Waals surface area contributed by atoms with Crippen molar-refractivity contribution in [3.05, 3.63) is 47.0 Å². The zero-order valence-corrected chi connectivity index (χ0v) is 9.62. The van der Waals surface area contributed by atoms with Crippen LogP contribution in [0.3, 0.4) is 0 Å². The lowest BCUT2D eigenvalue weighted by Gasteiger charge is -2.14. The summed E-state index contributed by atoms with van der Waals surface area (Å²) in [6, 6.07) is 7.89. The van der Waals surface area contributed by atoms with Gasteiger partial charge in [-0.15, -0.1) is 0 Å². The third-order valence-electron chi connectivity index (χ3n) is 1.88. The smallest absolute Gasteiger partial charge is 0.245 e. The minimum atomic E-state index is -0.0621. The Morgan fingerprint density at radius 2 is 2.07 bits per heavy atom. The Morgan fingerprint density at radius 1 is 1.50 bits per heavy atom. The summed E-state index contributed by atoms with van der Waals surface area (Å²) in [6.45, 7) is 4.05. The van der Waals surface area contributed by atoms with E-state index in [2.05, 4.69) is 22.5 Å². The first-order valence-electron chi connectivity index (χ1n) is 4.25. The minimum Gasteiger partial charge on any atom is -0.338 e. The Morgan fingerprint density at radius 3 is 2.57 bits per heavy atom. The first-order chi connectivity index (χ1) is 6.63. The molecule has 14 heavy (non-hydrogen) atoms. The van der Waals surface area contributed by atoms with Crippen molar-refractivity contribution in [2.24, 2.45) is 0 Å². The third kappa shape index (κ3) is 3.00. The molecular weight excluding hydrogens is 242 g/mol. The van der Waals surface area contributed by atoms with Gasteiger partial charge in [0.1, 0.15) is 0 Å². The van der Waals surface area contributed by atoms with E-state index in [4.69, 9.17) is 0 Å². The Labute approximate surface area is 92.4 Å². The standard InChI is InChI=1S/C11H12BrNO/c1-3-11(14)13(2)8-9-4-6-10(12)7-5-9/h3-7H,1,8H2,2H3. The number of likely N-dealkylation sites (N-methyl/N-ethyl adjacent to an activating group) is 1. The molecule has 0 aliphatic carbocycles. The van der Waals surface area contributed by atoms with E-state index in [1.165, 1.54) is 6.08 Å². The maximum Gasteiger partial charge on any atom is 0.245 e. The van der Waals surface area contributed by atoms with Crippen molar-refractivity contribution in [2.45, 2.75) is 6.54 Å². The van der Waals surface area contributed by atoms with E-state index in [0.29, 0.717) is 6.54 Å². The number of benzene rings is 1. The monoisotopic (exact) mass is 253 g/mol. The van der Waals surface area contributed by atoms with Crippen LogP contribution in [-0.2, 0) is 11.3 Å². The van der Waals surface area contributed by atoms with E-state index in [1.807, 2.05) is 24.3 Å². The number of rotatable bonds is 3. The molecule has 3 heteroatoms. The van der Waals surface area contributed by atoms with Crippen molar-refractivity contribution in [3.8, 4) is 0 Å². The van der Waals surface area contributed by atoms with Crippen molar-refractivity contribution >= 4 is 21.8 Å². The normalized spacial score (nSPS) is 9.57. The van der Waals surface area contributed by atoms with Crippen molar-refractivity contribution in [3.63, 3.8) is 0 Å². The average molecular weight is 254 g/mol. The van der Waals surface area contributed by atoms with Gasteiger partial charge < -0.3 is 4.90 Å². The maximum absolute atomic E-state index is 11.2. The summed E-state index contributed by atoms with van der Waals surface area (Å²) in [5.74, 6) is -0.0621. The first-order valence-corrected chi connectivity index (χ1v) is 5.04. The summed E-state index contributed by atoms with van der Waals surface area (Å²) in [7, 11) is 1.76. The fourth-order valence-electron chi connectivity index (χ4n) is 1.10. The van der Waals surface area contributed by atoms with Crippen LogP contribution in [0, 0.1) is 0 Å². The molecule has 74 valence electrons. The summed E-state index contributed by atoms with van der Waals surface area (Å²) in [5.41, 5.74) is 1.10. The molecule has 0 fully saturated rings. The number of nitrogens with zero attached hydrogens (tertiary/aromatic N) is 1. The number of amides is 1. The first kappa shape index (κ1) is 11.0. The maximum atomic E-state index is 11.2. The predicted octanol–water partition coefficient (Wildman–Crippen LogP) is 2.59. The van der Waals surface area contributed by atoms with E-state index in [0.717, 1.165) is 10.0 Å². The van der Waals surface area contributed by atoms with E-state index in [9.17, 15) is 4.79 Å². The lowest BCUT2D eigenvalue weighted by atomic mass is 10.2. The largest absolute Gasteiger partial charge is 0.338 e. The van der Waals surface area contributed by atoms with Crippen LogP contribution in [0.2, 0.25) is 0 Å². The van der Waals surface area contributed by atoms with Gasteiger partial charge in [-0.1, -0.05) is 34.6 Å². The lowest BCUT2D eigenvalue weighted by molar-refractivity contribution is -0.125. The number of carbonyl (C=O) groups excluding carboxylic acids is 1. The van der Waals surface area contributed by atoms with E-state index in [-0.39, 0.29) is 5.91 Å². The molecule has 0 radical (unpaired) electrons. The van der Waals surface area contributed by atoms with Crippen LogP contribution in [0.15, 0.2) is 41.4 Å². The topological polar surface area (TPSA) is 20.3 Å². The van der Waals surface area contributed by atoms with Gasteiger partial charge in [0.25, 0.3) is 0 Å². The fraction of sp³-hybridized carbons (Fsp3) is 0.182. The van der Waals surface area contributed by atoms with Crippen molar-refractivity contribution < 1.29 is 4.79 Å². The summed E-state index contributed by atoms with van der Waals surface area (Å²) >= 11 is 3.36. The zero-order valence-electron chi connectivity index (χ0n) is 8.03. The molecule has 0 N–H and O–H groups in total. The fourth-order valence-corrected chi connectivity index (χ4v) is 1.36. The molecule has 0 saturated carbocycles. The third-order valence-corrected chi connectivity index (χ3v) is 2.41. The van der Waals surface area contributed by atoms with E-state index in [1.54, 1.807) is 11.9 Å². The molecule has 1 aromatic rings. The molecule has 0 aliphatic rings. The quantitative estimate of drug-likeness (QED) is 0.759. The van der Waals surface area contributed by atoms with Gasteiger partial charge in [0, 0.05) is 18.1 Å². The SMILES string of the molecule is C=CC(=O)N(C)Cc1ccc(Br)cc1. The van der Waals surface area contributed by atoms with Crippen LogP contribution in [0.1, 0.15) is 5.56 Å². The molecule has 1 aromatic carbocycles. The highest BCUT2D eigenvalue weighted by molar-refractivity contribution is 9.10. The van der Waals surface area contributed by atoms with Crippen LogP contribution < -0.4 is 0 Å². The average Bonchev–Trinajstić information content (AvgIpc) is 2.20. The molecule has 0 bridgehead atoms. The zero-order chi connectivity index (χ0) is 10.6. The molecule has 0 unspecified atom stereocenters. The number of halogens is 1. The van der Waals surface area contributed by atoms with Gasteiger partial charge in [-0.25, -0.2) is 0 Å². The van der Waals surface area contributed by atoms with Gasteiger partial charge in [-0.2, -0.15) is 0 Å². The Kier molecular flexibility index (Phi) is 3.89. The van der Waals surface area contributed by atoms with Gasteiger partial charge in [-0.05, 0) is 23.8 Å². The summed E-state index contributed by atoms with van der Waals surface area (Å²) in [5, 5.41) is 0. The molecule has 0 aliphatic heterocycles. The minimum absolute atomic E-state index is 0.0621. The highest BCUT2D eigenvalue weighted by Crippen LogP contribution is 2.11. The molecule has 0 atom stereocenters. The van der Waals surface area contributed by atoms with E-state index >= 15 is 0 Å². The van der Waals surface area contributed by atoms with Crippen LogP contribution in [0.4, 0.5) is 0 Å². The Hall–Kier alpha value is -1.09. The second-order valence-electron chi connectivity index (χ2n) is 3.02. The summed E-state index contributed by atoms with van der Waals surface area (Å²) in [6.07, 6.45) is 1.32. The summed E-state index contributed by atoms with van der Waals surface area (Å²) < 4.78 is 1.04. The number of carbonyl (C=O) groups is 1. The Bertz CT molecular complexity index is 332.